The summed E-state index contributed by atoms with van der Waals surface area (Å²) >= 11 is 0. The highest BCUT2D eigenvalue weighted by Crippen LogP contribution is 2.22. The van der Waals surface area contributed by atoms with E-state index < -0.39 is 0 Å². The Balaban J connectivity index is 1.47. The van der Waals surface area contributed by atoms with Crippen molar-refractivity contribution in [3.05, 3.63) is 29.6 Å². The van der Waals surface area contributed by atoms with E-state index in [1.807, 2.05) is 12.1 Å². The summed E-state index contributed by atoms with van der Waals surface area (Å²) in [6.07, 6.45) is 1.09. The summed E-state index contributed by atoms with van der Waals surface area (Å²) < 4.78 is 25.5. The first-order valence-electron chi connectivity index (χ1n) is 11.4. The lowest BCUT2D eigenvalue weighted by Crippen LogP contribution is -2.46. The van der Waals surface area contributed by atoms with Gasteiger partial charge in [0.15, 0.2) is 5.96 Å². The molecule has 2 aliphatic rings. The van der Waals surface area contributed by atoms with Crippen LogP contribution in [0, 0.1) is 11.7 Å². The van der Waals surface area contributed by atoms with Crippen molar-refractivity contribution in [2.24, 2.45) is 10.9 Å². The lowest BCUT2D eigenvalue weighted by atomic mass is 10.1. The van der Waals surface area contributed by atoms with Crippen LogP contribution in [0.2, 0.25) is 0 Å². The number of likely N-dealkylation sites (N-methyl/N-ethyl adjacent to an activating group) is 1. The number of ether oxygens (including phenoxy) is 2. The highest BCUT2D eigenvalue weighted by atomic mass is 19.1. The average molecular weight is 436 g/mol. The van der Waals surface area contributed by atoms with Gasteiger partial charge in [0.05, 0.1) is 25.5 Å². The second-order valence-corrected chi connectivity index (χ2v) is 8.28. The highest BCUT2D eigenvalue weighted by Gasteiger charge is 2.25. The molecule has 1 aromatic carbocycles. The normalized spacial score (nSPS) is 20.5. The number of halogens is 1. The smallest absolute Gasteiger partial charge is 0.193 e. The van der Waals surface area contributed by atoms with E-state index in [1.54, 1.807) is 20.2 Å². The van der Waals surface area contributed by atoms with Gasteiger partial charge in [-0.2, -0.15) is 0 Å². The number of aliphatic imine (C=N–C) groups is 1. The zero-order valence-corrected chi connectivity index (χ0v) is 19.3. The number of hydrogen-bond acceptors (Lipinski definition) is 5. The Morgan fingerprint density at radius 1 is 1.19 bits per heavy atom. The number of nitrogens with one attached hydrogen (secondary N) is 1. The zero-order chi connectivity index (χ0) is 22.1. The summed E-state index contributed by atoms with van der Waals surface area (Å²) in [5, 5.41) is 3.39. The molecule has 7 nitrogen and oxygen atoms in total. The van der Waals surface area contributed by atoms with Crippen LogP contribution in [0.1, 0.15) is 18.9 Å². The number of guanidine groups is 1. The monoisotopic (exact) mass is 435 g/mol. The minimum absolute atomic E-state index is 0.145. The lowest BCUT2D eigenvalue weighted by molar-refractivity contribution is 0.0536. The standard InChI is InChI=1S/C23H38FN5O2/c1-4-27-9-11-28(12-10-27)22-6-5-19(15-21(22)24)16-26-23(25-2)29-8-7-20(17-29)18-31-14-13-30-3/h5-6,15,20H,4,7-14,16-18H2,1-3H3,(H,25,26). The zero-order valence-electron chi connectivity index (χ0n) is 19.3. The maximum atomic E-state index is 14.8. The van der Waals surface area contributed by atoms with Crippen LogP contribution in [0.5, 0.6) is 0 Å². The van der Waals surface area contributed by atoms with Gasteiger partial charge in [0, 0.05) is 65.9 Å². The Kier molecular flexibility index (Phi) is 9.36. The molecule has 0 aromatic heterocycles. The molecule has 8 heteroatoms. The second-order valence-electron chi connectivity index (χ2n) is 8.28. The maximum absolute atomic E-state index is 14.8. The van der Waals surface area contributed by atoms with E-state index in [0.29, 0.717) is 31.4 Å². The molecule has 1 aromatic rings. The summed E-state index contributed by atoms with van der Waals surface area (Å²) in [6.45, 7) is 11.4. The van der Waals surface area contributed by atoms with Crippen LogP contribution in [0.4, 0.5) is 10.1 Å². The van der Waals surface area contributed by atoms with Gasteiger partial charge in [-0.05, 0) is 30.7 Å². The molecule has 3 rings (SSSR count). The average Bonchev–Trinajstić information content (AvgIpc) is 3.26. The van der Waals surface area contributed by atoms with Gasteiger partial charge in [0.25, 0.3) is 0 Å². The summed E-state index contributed by atoms with van der Waals surface area (Å²) in [7, 11) is 3.48. The Morgan fingerprint density at radius 3 is 2.68 bits per heavy atom. The quantitative estimate of drug-likeness (QED) is 0.364. The Labute approximate surface area is 186 Å². The summed E-state index contributed by atoms with van der Waals surface area (Å²) in [4.78, 5) is 11.2. The van der Waals surface area contributed by atoms with E-state index >= 15 is 0 Å². The fourth-order valence-electron chi connectivity index (χ4n) is 4.29. The number of piperazine rings is 1. The minimum atomic E-state index is -0.145. The summed E-state index contributed by atoms with van der Waals surface area (Å²) in [5.41, 5.74) is 1.63. The largest absolute Gasteiger partial charge is 0.382 e. The number of methoxy groups -OCH3 is 1. The van der Waals surface area contributed by atoms with Crippen molar-refractivity contribution in [2.75, 3.05) is 84.7 Å². The highest BCUT2D eigenvalue weighted by molar-refractivity contribution is 5.80. The molecule has 0 aliphatic carbocycles. The van der Waals surface area contributed by atoms with Crippen LogP contribution in [-0.2, 0) is 16.0 Å². The van der Waals surface area contributed by atoms with Crippen molar-refractivity contribution in [1.29, 1.82) is 0 Å². The molecule has 2 heterocycles. The van der Waals surface area contributed by atoms with Crippen LogP contribution in [-0.4, -0.2) is 95.6 Å². The van der Waals surface area contributed by atoms with Crippen LogP contribution < -0.4 is 10.2 Å². The predicted molar refractivity (Wildman–Crippen MR) is 123 cm³/mol. The molecule has 0 radical (unpaired) electrons. The molecule has 31 heavy (non-hydrogen) atoms. The fourth-order valence-corrected chi connectivity index (χ4v) is 4.29. The number of nitrogens with zero attached hydrogens (tertiary/aromatic N) is 4. The fraction of sp³-hybridized carbons (Fsp3) is 0.696. The number of hydrogen-bond donors (Lipinski definition) is 1. The molecule has 2 aliphatic heterocycles. The van der Waals surface area contributed by atoms with E-state index in [1.165, 1.54) is 0 Å². The van der Waals surface area contributed by atoms with Crippen molar-refractivity contribution in [3.63, 3.8) is 0 Å². The van der Waals surface area contributed by atoms with Gasteiger partial charge in [0.2, 0.25) is 0 Å². The minimum Gasteiger partial charge on any atom is -0.382 e. The van der Waals surface area contributed by atoms with Gasteiger partial charge in [-0.3, -0.25) is 4.99 Å². The molecule has 0 bridgehead atoms. The van der Waals surface area contributed by atoms with Crippen molar-refractivity contribution >= 4 is 11.6 Å². The van der Waals surface area contributed by atoms with E-state index in [4.69, 9.17) is 9.47 Å². The van der Waals surface area contributed by atoms with Crippen molar-refractivity contribution < 1.29 is 13.9 Å². The van der Waals surface area contributed by atoms with Gasteiger partial charge < -0.3 is 29.5 Å². The van der Waals surface area contributed by atoms with Crippen LogP contribution in [0.25, 0.3) is 0 Å². The van der Waals surface area contributed by atoms with Crippen molar-refractivity contribution in [2.45, 2.75) is 19.9 Å². The van der Waals surface area contributed by atoms with Gasteiger partial charge in [-0.25, -0.2) is 4.39 Å². The van der Waals surface area contributed by atoms with Gasteiger partial charge in [-0.15, -0.1) is 0 Å². The van der Waals surface area contributed by atoms with Crippen LogP contribution in [0.3, 0.4) is 0 Å². The number of benzene rings is 1. The molecule has 0 saturated carbocycles. The SMILES string of the molecule is CCN1CCN(c2ccc(CNC(=NC)N3CCC(COCCOC)C3)cc2F)CC1. The maximum Gasteiger partial charge on any atom is 0.193 e. The molecule has 0 spiro atoms. The number of rotatable bonds is 9. The number of anilines is 1. The van der Waals surface area contributed by atoms with Crippen molar-refractivity contribution in [3.8, 4) is 0 Å². The van der Waals surface area contributed by atoms with E-state index in [0.717, 1.165) is 70.4 Å². The Bertz CT molecular complexity index is 709. The van der Waals surface area contributed by atoms with E-state index in [-0.39, 0.29) is 5.82 Å². The molecule has 1 N–H and O–H groups in total. The van der Waals surface area contributed by atoms with Crippen molar-refractivity contribution in [1.82, 2.24) is 15.1 Å². The van der Waals surface area contributed by atoms with Gasteiger partial charge >= 0.3 is 0 Å². The molecule has 1 unspecified atom stereocenters. The van der Waals surface area contributed by atoms with Gasteiger partial charge in [0.1, 0.15) is 5.82 Å². The van der Waals surface area contributed by atoms with E-state index in [2.05, 4.69) is 31.9 Å². The molecular weight excluding hydrogens is 397 g/mol. The van der Waals surface area contributed by atoms with Crippen LogP contribution >= 0.6 is 0 Å². The topological polar surface area (TPSA) is 52.6 Å². The Morgan fingerprint density at radius 2 is 2.00 bits per heavy atom. The summed E-state index contributed by atoms with van der Waals surface area (Å²) in [6, 6.07) is 5.58. The Hall–Kier alpha value is -1.90. The third kappa shape index (κ3) is 6.79. The molecule has 2 saturated heterocycles. The molecule has 174 valence electrons. The number of likely N-dealkylation sites (tertiary alicyclic amines) is 1. The molecule has 2 fully saturated rings. The second kappa shape index (κ2) is 12.2. The third-order valence-electron chi connectivity index (χ3n) is 6.21. The first kappa shape index (κ1) is 23.8. The first-order chi connectivity index (χ1) is 15.1. The molecular formula is C23H38FN5O2. The van der Waals surface area contributed by atoms with Gasteiger partial charge in [-0.1, -0.05) is 13.0 Å². The lowest BCUT2D eigenvalue weighted by Gasteiger charge is -2.35. The van der Waals surface area contributed by atoms with E-state index in [9.17, 15) is 4.39 Å². The molecule has 0 amide bonds. The first-order valence-corrected chi connectivity index (χ1v) is 11.4. The summed E-state index contributed by atoms with van der Waals surface area (Å²) in [5.74, 6) is 1.22. The predicted octanol–water partition coefficient (Wildman–Crippen LogP) is 2.03. The van der Waals surface area contributed by atoms with Crippen LogP contribution in [0.15, 0.2) is 23.2 Å². The third-order valence-corrected chi connectivity index (χ3v) is 6.21. The molecule has 1 atom stereocenters.